The third-order valence-corrected chi connectivity index (χ3v) is 2.97. The van der Waals surface area contributed by atoms with Crippen molar-refractivity contribution in [2.75, 3.05) is 5.88 Å². The van der Waals surface area contributed by atoms with Crippen LogP contribution in [0.1, 0.15) is 19.4 Å². The van der Waals surface area contributed by atoms with Crippen molar-refractivity contribution < 1.29 is 4.92 Å². The molecule has 1 rings (SSSR count). The molecule has 1 aromatic carbocycles. The van der Waals surface area contributed by atoms with Gasteiger partial charge in [-0.3, -0.25) is 10.1 Å². The lowest BCUT2D eigenvalue weighted by Crippen LogP contribution is -1.97. The predicted molar refractivity (Wildman–Crippen MR) is 71.6 cm³/mol. The monoisotopic (exact) mass is 273 g/mol. The molecule has 0 saturated carbocycles. The van der Waals surface area contributed by atoms with Crippen LogP contribution in [0.25, 0.3) is 6.08 Å². The van der Waals surface area contributed by atoms with Gasteiger partial charge in [0.2, 0.25) is 0 Å². The van der Waals surface area contributed by atoms with Gasteiger partial charge in [0.25, 0.3) is 5.69 Å². The van der Waals surface area contributed by atoms with Crippen molar-refractivity contribution in [2.45, 2.75) is 13.8 Å². The van der Waals surface area contributed by atoms with Crippen LogP contribution in [0.15, 0.2) is 23.8 Å². The Morgan fingerprint density at radius 1 is 1.53 bits per heavy atom. The van der Waals surface area contributed by atoms with Gasteiger partial charge in [0.05, 0.1) is 10.5 Å². The molecule has 1 aromatic rings. The molecule has 5 heteroatoms. The Kier molecular flexibility index (Phi) is 4.97. The van der Waals surface area contributed by atoms with Gasteiger partial charge in [-0.15, -0.1) is 11.6 Å². The fourth-order valence-electron chi connectivity index (χ4n) is 1.37. The zero-order valence-corrected chi connectivity index (χ0v) is 11.1. The van der Waals surface area contributed by atoms with Crippen molar-refractivity contribution in [3.8, 4) is 0 Å². The van der Waals surface area contributed by atoms with E-state index in [1.165, 1.54) is 12.1 Å². The highest BCUT2D eigenvalue weighted by atomic mass is 35.5. The van der Waals surface area contributed by atoms with Crippen molar-refractivity contribution in [2.24, 2.45) is 5.92 Å². The van der Waals surface area contributed by atoms with E-state index in [1.54, 1.807) is 12.1 Å². The summed E-state index contributed by atoms with van der Waals surface area (Å²) < 4.78 is 0. The van der Waals surface area contributed by atoms with Gasteiger partial charge in [0.15, 0.2) is 0 Å². The first-order valence-corrected chi connectivity index (χ1v) is 6.07. The Balaban J connectivity index is 3.28. The Morgan fingerprint density at radius 3 is 2.65 bits per heavy atom. The van der Waals surface area contributed by atoms with Crippen molar-refractivity contribution in [3.05, 3.63) is 44.5 Å². The number of nitro benzene ring substituents is 1. The lowest BCUT2D eigenvalue weighted by molar-refractivity contribution is -0.385. The van der Waals surface area contributed by atoms with Crippen LogP contribution in [0, 0.1) is 16.0 Å². The summed E-state index contributed by atoms with van der Waals surface area (Å²) in [7, 11) is 0. The van der Waals surface area contributed by atoms with Crippen molar-refractivity contribution in [1.82, 2.24) is 0 Å². The predicted octanol–water partition coefficient (Wildman–Crippen LogP) is 4.53. The second kappa shape index (κ2) is 6.03. The molecular weight excluding hydrogens is 261 g/mol. The maximum Gasteiger partial charge on any atom is 0.276 e. The summed E-state index contributed by atoms with van der Waals surface area (Å²) >= 11 is 11.7. The number of alkyl halides is 1. The summed E-state index contributed by atoms with van der Waals surface area (Å²) in [5.74, 6) is 0.590. The van der Waals surface area contributed by atoms with E-state index in [2.05, 4.69) is 0 Å². The molecule has 3 nitrogen and oxygen atoms in total. The van der Waals surface area contributed by atoms with E-state index in [4.69, 9.17) is 23.2 Å². The fourth-order valence-corrected chi connectivity index (χ4v) is 1.93. The molecule has 0 saturated heterocycles. The largest absolute Gasteiger partial charge is 0.276 e. The van der Waals surface area contributed by atoms with Crippen LogP contribution in [0.2, 0.25) is 5.02 Å². The highest BCUT2D eigenvalue weighted by Gasteiger charge is 2.13. The number of rotatable bonds is 4. The zero-order valence-electron chi connectivity index (χ0n) is 9.61. The topological polar surface area (TPSA) is 43.1 Å². The number of nitro groups is 1. The molecule has 0 fully saturated rings. The van der Waals surface area contributed by atoms with E-state index in [0.717, 1.165) is 5.57 Å². The van der Waals surface area contributed by atoms with Gasteiger partial charge < -0.3 is 0 Å². The highest BCUT2D eigenvalue weighted by Crippen LogP contribution is 2.26. The molecule has 0 amide bonds. The molecular formula is C12H13Cl2NO2. The highest BCUT2D eigenvalue weighted by molar-refractivity contribution is 6.30. The fraction of sp³-hybridized carbons (Fsp3) is 0.333. The summed E-state index contributed by atoms with van der Waals surface area (Å²) in [6.07, 6.45) is 1.74. The van der Waals surface area contributed by atoms with E-state index in [9.17, 15) is 10.1 Å². The summed E-state index contributed by atoms with van der Waals surface area (Å²) in [4.78, 5) is 10.5. The van der Waals surface area contributed by atoms with Crippen LogP contribution in [0.4, 0.5) is 5.69 Å². The van der Waals surface area contributed by atoms with Gasteiger partial charge in [-0.25, -0.2) is 0 Å². The van der Waals surface area contributed by atoms with Crippen LogP contribution in [-0.2, 0) is 0 Å². The maximum absolute atomic E-state index is 10.9. The molecule has 0 heterocycles. The van der Waals surface area contributed by atoms with Crippen LogP contribution in [-0.4, -0.2) is 10.8 Å². The van der Waals surface area contributed by atoms with Crippen molar-refractivity contribution >= 4 is 35.0 Å². The second-order valence-electron chi connectivity index (χ2n) is 3.97. The molecule has 0 N–H and O–H groups in total. The van der Waals surface area contributed by atoms with Crippen molar-refractivity contribution in [1.29, 1.82) is 0 Å². The van der Waals surface area contributed by atoms with Gasteiger partial charge in [-0.2, -0.15) is 0 Å². The average Bonchev–Trinajstić information content (AvgIpc) is 2.25. The lowest BCUT2D eigenvalue weighted by Gasteiger charge is -2.08. The molecule has 0 unspecified atom stereocenters. The minimum Gasteiger partial charge on any atom is -0.258 e. The van der Waals surface area contributed by atoms with E-state index in [1.807, 2.05) is 13.8 Å². The Morgan fingerprint density at radius 2 is 2.18 bits per heavy atom. The van der Waals surface area contributed by atoms with Crippen LogP contribution in [0.5, 0.6) is 0 Å². The minimum atomic E-state index is -0.422. The quantitative estimate of drug-likeness (QED) is 0.460. The number of hydrogen-bond donors (Lipinski definition) is 0. The molecule has 0 aromatic heterocycles. The van der Waals surface area contributed by atoms with Gasteiger partial charge in [0, 0.05) is 17.0 Å². The van der Waals surface area contributed by atoms with Crippen LogP contribution in [0.3, 0.4) is 0 Å². The first-order chi connectivity index (χ1) is 7.95. The molecule has 0 radical (unpaired) electrons. The Bertz CT molecular complexity index is 456. The van der Waals surface area contributed by atoms with Gasteiger partial charge in [-0.05, 0) is 24.1 Å². The van der Waals surface area contributed by atoms with E-state index in [0.29, 0.717) is 16.5 Å². The van der Waals surface area contributed by atoms with Gasteiger partial charge >= 0.3 is 0 Å². The summed E-state index contributed by atoms with van der Waals surface area (Å²) in [6, 6.07) is 4.49. The summed E-state index contributed by atoms with van der Waals surface area (Å²) in [5.41, 5.74) is 1.47. The molecule has 0 aliphatic heterocycles. The maximum atomic E-state index is 10.9. The van der Waals surface area contributed by atoms with E-state index < -0.39 is 4.92 Å². The molecule has 0 aliphatic carbocycles. The average molecular weight is 274 g/mol. The lowest BCUT2D eigenvalue weighted by atomic mass is 10.0. The first kappa shape index (κ1) is 14.0. The Labute approximate surface area is 110 Å². The first-order valence-electron chi connectivity index (χ1n) is 5.16. The number of benzene rings is 1. The SMILES string of the molecule is CC(C)/C(=C/c1cc(Cl)ccc1[N+](=O)[O-])CCl. The van der Waals surface area contributed by atoms with Crippen LogP contribution >= 0.6 is 23.2 Å². The number of nitrogens with zero attached hydrogens (tertiary/aromatic N) is 1. The van der Waals surface area contributed by atoms with Gasteiger partial charge in [0.1, 0.15) is 0 Å². The third kappa shape index (κ3) is 3.72. The number of allylic oxidation sites excluding steroid dienone is 1. The molecule has 0 atom stereocenters. The molecule has 0 aliphatic rings. The van der Waals surface area contributed by atoms with Gasteiger partial charge in [-0.1, -0.05) is 31.0 Å². The second-order valence-corrected chi connectivity index (χ2v) is 4.67. The van der Waals surface area contributed by atoms with Crippen LogP contribution < -0.4 is 0 Å². The Hall–Kier alpha value is -1.06. The van der Waals surface area contributed by atoms with Crippen molar-refractivity contribution in [3.63, 3.8) is 0 Å². The normalized spacial score (nSPS) is 11.9. The molecule has 0 bridgehead atoms. The van der Waals surface area contributed by atoms with E-state index in [-0.39, 0.29) is 11.6 Å². The zero-order chi connectivity index (χ0) is 13.0. The standard InChI is InChI=1S/C12H13Cl2NO2/c1-8(2)10(7-13)5-9-6-11(14)3-4-12(9)15(16)17/h3-6,8H,7H2,1-2H3/b10-5+. The molecule has 92 valence electrons. The van der Waals surface area contributed by atoms with E-state index >= 15 is 0 Å². The summed E-state index contributed by atoms with van der Waals surface area (Å²) in [5, 5.41) is 11.3. The smallest absolute Gasteiger partial charge is 0.258 e. The minimum absolute atomic E-state index is 0.0395. The summed E-state index contributed by atoms with van der Waals surface area (Å²) in [6.45, 7) is 3.98. The molecule has 17 heavy (non-hydrogen) atoms. The number of hydrogen-bond acceptors (Lipinski definition) is 2. The number of halogens is 2. The third-order valence-electron chi connectivity index (χ3n) is 2.42. The molecule has 0 spiro atoms.